The van der Waals surface area contributed by atoms with Gasteiger partial charge in [0, 0.05) is 30.9 Å². The van der Waals surface area contributed by atoms with Gasteiger partial charge in [0.25, 0.3) is 5.91 Å². The Bertz CT molecular complexity index is 473. The van der Waals surface area contributed by atoms with Crippen LogP contribution in [0.25, 0.3) is 0 Å². The van der Waals surface area contributed by atoms with E-state index in [-0.39, 0.29) is 17.4 Å². The van der Waals surface area contributed by atoms with E-state index in [9.17, 15) is 9.59 Å². The molecule has 0 radical (unpaired) electrons. The molecular formula is C13H17N3O2. The zero-order chi connectivity index (χ0) is 13.1. The number of Topliss-reactive ketones (excluding diaryl/α,β-unsaturated/α-hetero) is 1. The summed E-state index contributed by atoms with van der Waals surface area (Å²) in [6.45, 7) is 3.24. The first-order chi connectivity index (χ1) is 8.58. The molecular weight excluding hydrogens is 230 g/mol. The maximum absolute atomic E-state index is 11.4. The summed E-state index contributed by atoms with van der Waals surface area (Å²) in [7, 11) is 0. The van der Waals surface area contributed by atoms with Gasteiger partial charge in [-0.25, -0.2) is 0 Å². The number of hydrogen-bond acceptors (Lipinski definition) is 4. The number of piperidine rings is 1. The van der Waals surface area contributed by atoms with Crippen molar-refractivity contribution in [3.63, 3.8) is 0 Å². The Balaban J connectivity index is 2.18. The highest BCUT2D eigenvalue weighted by Crippen LogP contribution is 2.23. The van der Waals surface area contributed by atoms with Crippen LogP contribution in [-0.2, 0) is 4.79 Å². The highest BCUT2D eigenvalue weighted by atomic mass is 16.1. The minimum atomic E-state index is -0.531. The molecule has 1 atom stereocenters. The maximum atomic E-state index is 11.4. The van der Waals surface area contributed by atoms with Crippen molar-refractivity contribution in [3.8, 4) is 0 Å². The fraction of sp³-hybridized carbons (Fsp3) is 0.462. The Morgan fingerprint density at radius 3 is 2.94 bits per heavy atom. The van der Waals surface area contributed by atoms with Gasteiger partial charge in [0.1, 0.15) is 11.5 Å². The Morgan fingerprint density at radius 2 is 2.28 bits per heavy atom. The molecule has 1 aliphatic rings. The predicted molar refractivity (Wildman–Crippen MR) is 68.4 cm³/mol. The third-order valence-corrected chi connectivity index (χ3v) is 3.36. The lowest BCUT2D eigenvalue weighted by Crippen LogP contribution is -2.38. The molecule has 0 saturated carbocycles. The minimum absolute atomic E-state index is 0.0870. The molecule has 1 amide bonds. The molecule has 5 heteroatoms. The fourth-order valence-corrected chi connectivity index (χ4v) is 2.29. The number of nitrogens with two attached hydrogens (primary N) is 1. The van der Waals surface area contributed by atoms with Crippen LogP contribution in [0.5, 0.6) is 0 Å². The first-order valence-electron chi connectivity index (χ1n) is 6.09. The molecule has 0 aliphatic carbocycles. The highest BCUT2D eigenvalue weighted by molar-refractivity contribution is 5.91. The standard InChI is InChI=1S/C13H17N3O2/c1-9(17)10-3-2-6-16(8-10)11-4-5-15-12(7-11)13(14)18/h4-5,7,10H,2-3,6,8H2,1H3,(H2,14,18). The van der Waals surface area contributed by atoms with E-state index >= 15 is 0 Å². The molecule has 0 aromatic carbocycles. The van der Waals surface area contributed by atoms with Crippen LogP contribution in [-0.4, -0.2) is 29.8 Å². The molecule has 1 saturated heterocycles. The third kappa shape index (κ3) is 2.67. The average molecular weight is 247 g/mol. The van der Waals surface area contributed by atoms with Crippen molar-refractivity contribution in [1.29, 1.82) is 0 Å². The van der Waals surface area contributed by atoms with Crippen LogP contribution < -0.4 is 10.6 Å². The maximum Gasteiger partial charge on any atom is 0.267 e. The fourth-order valence-electron chi connectivity index (χ4n) is 2.29. The summed E-state index contributed by atoms with van der Waals surface area (Å²) >= 11 is 0. The van der Waals surface area contributed by atoms with Gasteiger partial charge in [0.2, 0.25) is 0 Å². The minimum Gasteiger partial charge on any atom is -0.371 e. The number of hydrogen-bond donors (Lipinski definition) is 1. The smallest absolute Gasteiger partial charge is 0.267 e. The van der Waals surface area contributed by atoms with E-state index in [2.05, 4.69) is 9.88 Å². The number of primary amides is 1. The highest BCUT2D eigenvalue weighted by Gasteiger charge is 2.23. The molecule has 5 nitrogen and oxygen atoms in total. The van der Waals surface area contributed by atoms with E-state index in [1.54, 1.807) is 19.2 Å². The van der Waals surface area contributed by atoms with Crippen molar-refractivity contribution in [1.82, 2.24) is 4.98 Å². The number of rotatable bonds is 3. The van der Waals surface area contributed by atoms with Gasteiger partial charge in [0.05, 0.1) is 0 Å². The van der Waals surface area contributed by atoms with Crippen LogP contribution >= 0.6 is 0 Å². The zero-order valence-corrected chi connectivity index (χ0v) is 10.4. The normalized spacial score (nSPS) is 19.6. The summed E-state index contributed by atoms with van der Waals surface area (Å²) in [5, 5.41) is 0. The van der Waals surface area contributed by atoms with Crippen molar-refractivity contribution in [3.05, 3.63) is 24.0 Å². The lowest BCUT2D eigenvalue weighted by molar-refractivity contribution is -0.120. The number of amides is 1. The first-order valence-corrected chi connectivity index (χ1v) is 6.09. The van der Waals surface area contributed by atoms with Gasteiger partial charge >= 0.3 is 0 Å². The molecule has 0 bridgehead atoms. The van der Waals surface area contributed by atoms with Gasteiger partial charge in [-0.1, -0.05) is 0 Å². The van der Waals surface area contributed by atoms with Crippen LogP contribution in [0.15, 0.2) is 18.3 Å². The monoisotopic (exact) mass is 247 g/mol. The van der Waals surface area contributed by atoms with Crippen LogP contribution in [0, 0.1) is 5.92 Å². The summed E-state index contributed by atoms with van der Waals surface area (Å²) in [6, 6.07) is 3.53. The third-order valence-electron chi connectivity index (χ3n) is 3.36. The second-order valence-electron chi connectivity index (χ2n) is 4.66. The van der Waals surface area contributed by atoms with Crippen molar-refractivity contribution in [2.45, 2.75) is 19.8 Å². The SMILES string of the molecule is CC(=O)C1CCCN(c2ccnc(C(N)=O)c2)C1. The summed E-state index contributed by atoms with van der Waals surface area (Å²) < 4.78 is 0. The number of pyridine rings is 1. The molecule has 2 heterocycles. The summed E-state index contributed by atoms with van der Waals surface area (Å²) in [5.41, 5.74) is 6.38. The Kier molecular flexibility index (Phi) is 3.60. The van der Waals surface area contributed by atoms with Crippen molar-refractivity contribution in [2.24, 2.45) is 11.7 Å². The second kappa shape index (κ2) is 5.16. The van der Waals surface area contributed by atoms with Gasteiger partial charge in [-0.2, -0.15) is 0 Å². The molecule has 1 aliphatic heterocycles. The van der Waals surface area contributed by atoms with E-state index in [0.717, 1.165) is 25.1 Å². The van der Waals surface area contributed by atoms with Crippen molar-refractivity contribution in [2.75, 3.05) is 18.0 Å². The second-order valence-corrected chi connectivity index (χ2v) is 4.66. The molecule has 1 aromatic heterocycles. The summed E-state index contributed by atoms with van der Waals surface area (Å²) in [5.74, 6) is -0.218. The molecule has 1 fully saturated rings. The van der Waals surface area contributed by atoms with Gasteiger partial charge in [0.15, 0.2) is 0 Å². The van der Waals surface area contributed by atoms with Crippen LogP contribution in [0.3, 0.4) is 0 Å². The van der Waals surface area contributed by atoms with Gasteiger partial charge in [-0.05, 0) is 31.9 Å². The Labute approximate surface area is 106 Å². The van der Waals surface area contributed by atoms with E-state index in [4.69, 9.17) is 5.73 Å². The molecule has 18 heavy (non-hydrogen) atoms. The molecule has 2 N–H and O–H groups in total. The Hall–Kier alpha value is -1.91. The largest absolute Gasteiger partial charge is 0.371 e. The molecule has 1 unspecified atom stereocenters. The number of aromatic nitrogens is 1. The molecule has 1 aromatic rings. The predicted octanol–water partition coefficient (Wildman–Crippen LogP) is 0.986. The molecule has 96 valence electrons. The number of ketones is 1. The van der Waals surface area contributed by atoms with E-state index < -0.39 is 5.91 Å². The average Bonchev–Trinajstić information content (AvgIpc) is 2.39. The van der Waals surface area contributed by atoms with Crippen molar-refractivity contribution >= 4 is 17.4 Å². The van der Waals surface area contributed by atoms with Crippen molar-refractivity contribution < 1.29 is 9.59 Å². The summed E-state index contributed by atoms with van der Waals surface area (Å²) in [6.07, 6.45) is 3.50. The zero-order valence-electron chi connectivity index (χ0n) is 10.4. The number of carbonyl (C=O) groups excluding carboxylic acids is 2. The molecule has 2 rings (SSSR count). The number of carbonyl (C=O) groups is 2. The number of anilines is 1. The molecule has 0 spiro atoms. The lowest BCUT2D eigenvalue weighted by Gasteiger charge is -2.33. The van der Waals surface area contributed by atoms with Gasteiger partial charge in [-0.15, -0.1) is 0 Å². The number of nitrogens with zero attached hydrogens (tertiary/aromatic N) is 2. The topological polar surface area (TPSA) is 76.3 Å². The van der Waals surface area contributed by atoms with Crippen LogP contribution in [0.4, 0.5) is 5.69 Å². The van der Waals surface area contributed by atoms with Gasteiger partial charge < -0.3 is 10.6 Å². The summed E-state index contributed by atoms with van der Waals surface area (Å²) in [4.78, 5) is 28.6. The van der Waals surface area contributed by atoms with Crippen LogP contribution in [0.2, 0.25) is 0 Å². The van der Waals surface area contributed by atoms with E-state index in [1.807, 2.05) is 6.07 Å². The quantitative estimate of drug-likeness (QED) is 0.864. The van der Waals surface area contributed by atoms with E-state index in [1.165, 1.54) is 0 Å². The lowest BCUT2D eigenvalue weighted by atomic mass is 9.94. The first kappa shape index (κ1) is 12.5. The van der Waals surface area contributed by atoms with Gasteiger partial charge in [-0.3, -0.25) is 14.6 Å². The van der Waals surface area contributed by atoms with Crippen LogP contribution in [0.1, 0.15) is 30.3 Å². The Morgan fingerprint density at radius 1 is 1.50 bits per heavy atom. The van der Waals surface area contributed by atoms with E-state index in [0.29, 0.717) is 6.54 Å².